The molecule has 0 aliphatic rings. The van der Waals surface area contributed by atoms with Crippen LogP contribution in [0.4, 0.5) is 15.9 Å². The number of pyridine rings is 1. The van der Waals surface area contributed by atoms with E-state index in [0.717, 1.165) is 11.8 Å². The first kappa shape index (κ1) is 13.9. The van der Waals surface area contributed by atoms with Crippen LogP contribution in [0.2, 0.25) is 0 Å². The smallest absolute Gasteiger partial charge is 0.358 e. The highest BCUT2D eigenvalue weighted by molar-refractivity contribution is 5.91. The summed E-state index contributed by atoms with van der Waals surface area (Å²) in [5.74, 6) is -1.79. The zero-order chi connectivity index (χ0) is 15.7. The van der Waals surface area contributed by atoms with Gasteiger partial charge in [0, 0.05) is 6.20 Å². The van der Waals surface area contributed by atoms with E-state index in [-0.39, 0.29) is 17.2 Å². The highest BCUT2D eigenvalue weighted by Crippen LogP contribution is 2.26. The van der Waals surface area contributed by atoms with E-state index in [1.54, 1.807) is 12.1 Å². The van der Waals surface area contributed by atoms with Gasteiger partial charge in [0.2, 0.25) is 0 Å². The van der Waals surface area contributed by atoms with Crippen molar-refractivity contribution in [1.82, 2.24) is 9.38 Å². The van der Waals surface area contributed by atoms with Gasteiger partial charge in [0.1, 0.15) is 11.5 Å². The van der Waals surface area contributed by atoms with Crippen molar-refractivity contribution in [1.29, 1.82) is 0 Å². The second kappa shape index (κ2) is 5.36. The molecular formula is C15H11FN4O2. The van der Waals surface area contributed by atoms with Gasteiger partial charge >= 0.3 is 5.97 Å². The van der Waals surface area contributed by atoms with Crippen molar-refractivity contribution in [3.63, 3.8) is 0 Å². The number of aryl methyl sites for hydroxylation is 1. The van der Waals surface area contributed by atoms with E-state index in [0.29, 0.717) is 5.69 Å². The van der Waals surface area contributed by atoms with Gasteiger partial charge in [-0.3, -0.25) is 4.40 Å². The molecule has 0 saturated heterocycles. The molecule has 0 aliphatic carbocycles. The number of carboxylic acids is 1. The lowest BCUT2D eigenvalue weighted by Gasteiger charge is -1.98. The van der Waals surface area contributed by atoms with Crippen molar-refractivity contribution >= 4 is 23.1 Å². The van der Waals surface area contributed by atoms with E-state index in [1.165, 1.54) is 16.5 Å². The summed E-state index contributed by atoms with van der Waals surface area (Å²) in [5.41, 5.74) is 1.51. The Labute approximate surface area is 124 Å². The summed E-state index contributed by atoms with van der Waals surface area (Å²) in [5, 5.41) is 17.2. The Hall–Kier alpha value is -3.09. The van der Waals surface area contributed by atoms with Crippen LogP contribution >= 0.6 is 0 Å². The minimum atomic E-state index is -1.25. The van der Waals surface area contributed by atoms with Gasteiger partial charge in [0.15, 0.2) is 11.5 Å². The lowest BCUT2D eigenvalue weighted by molar-refractivity contribution is 0.0692. The molecule has 1 N–H and O–H groups in total. The average molecular weight is 298 g/mol. The SMILES string of the molecule is Cc1ccccc1N=Nc1c(C(=O)O)nc2ccc(F)cn12. The second-order valence-corrected chi connectivity index (χ2v) is 4.65. The van der Waals surface area contributed by atoms with Gasteiger partial charge in [-0.1, -0.05) is 18.2 Å². The van der Waals surface area contributed by atoms with Gasteiger partial charge in [0.05, 0.1) is 5.69 Å². The van der Waals surface area contributed by atoms with Crippen molar-refractivity contribution in [3.05, 3.63) is 59.7 Å². The number of azo groups is 1. The zero-order valence-electron chi connectivity index (χ0n) is 11.6. The Bertz CT molecular complexity index is 902. The molecule has 1 aromatic carbocycles. The lowest BCUT2D eigenvalue weighted by Crippen LogP contribution is -1.96. The van der Waals surface area contributed by atoms with Crippen molar-refractivity contribution in [2.75, 3.05) is 0 Å². The zero-order valence-corrected chi connectivity index (χ0v) is 11.6. The summed E-state index contributed by atoms with van der Waals surface area (Å²) in [6, 6.07) is 9.86. The summed E-state index contributed by atoms with van der Waals surface area (Å²) in [7, 11) is 0. The molecule has 110 valence electrons. The molecule has 0 bridgehead atoms. The Morgan fingerprint density at radius 3 is 2.73 bits per heavy atom. The Morgan fingerprint density at radius 2 is 2.00 bits per heavy atom. The molecule has 3 aromatic rings. The number of carbonyl (C=O) groups is 1. The van der Waals surface area contributed by atoms with Crippen LogP contribution in [0.15, 0.2) is 52.8 Å². The van der Waals surface area contributed by atoms with Crippen LogP contribution in [0.3, 0.4) is 0 Å². The number of fused-ring (bicyclic) bond motifs is 1. The fraction of sp³-hybridized carbons (Fsp3) is 0.0667. The van der Waals surface area contributed by atoms with Gasteiger partial charge < -0.3 is 5.11 Å². The van der Waals surface area contributed by atoms with E-state index >= 15 is 0 Å². The number of rotatable bonds is 3. The Morgan fingerprint density at radius 1 is 1.23 bits per heavy atom. The summed E-state index contributed by atoms with van der Waals surface area (Å²) in [4.78, 5) is 15.2. The number of aromatic carboxylic acids is 1. The maximum absolute atomic E-state index is 13.4. The molecule has 2 heterocycles. The van der Waals surface area contributed by atoms with Crippen LogP contribution in [0.1, 0.15) is 16.1 Å². The molecule has 7 heteroatoms. The number of nitrogens with zero attached hydrogens (tertiary/aromatic N) is 4. The van der Waals surface area contributed by atoms with Crippen LogP contribution in [0.5, 0.6) is 0 Å². The van der Waals surface area contributed by atoms with Crippen molar-refractivity contribution in [2.45, 2.75) is 6.92 Å². The van der Waals surface area contributed by atoms with Crippen LogP contribution in [0, 0.1) is 12.7 Å². The predicted molar refractivity (Wildman–Crippen MR) is 77.5 cm³/mol. The first-order valence-electron chi connectivity index (χ1n) is 6.44. The first-order chi connectivity index (χ1) is 10.6. The van der Waals surface area contributed by atoms with Crippen molar-refractivity contribution in [2.24, 2.45) is 10.2 Å². The highest BCUT2D eigenvalue weighted by Gasteiger charge is 2.18. The fourth-order valence-electron chi connectivity index (χ4n) is 2.02. The maximum atomic E-state index is 13.4. The van der Waals surface area contributed by atoms with Gasteiger partial charge in [-0.15, -0.1) is 10.2 Å². The molecule has 0 unspecified atom stereocenters. The molecule has 0 atom stereocenters. The van der Waals surface area contributed by atoms with Crippen molar-refractivity contribution in [3.8, 4) is 0 Å². The largest absolute Gasteiger partial charge is 0.476 e. The summed E-state index contributed by atoms with van der Waals surface area (Å²) in [6.07, 6.45) is 1.13. The van der Waals surface area contributed by atoms with E-state index < -0.39 is 11.8 Å². The molecule has 3 rings (SSSR count). The molecule has 0 amide bonds. The van der Waals surface area contributed by atoms with Crippen LogP contribution in [-0.2, 0) is 0 Å². The van der Waals surface area contributed by atoms with Crippen LogP contribution in [0.25, 0.3) is 5.65 Å². The third kappa shape index (κ3) is 2.44. The molecular weight excluding hydrogens is 287 g/mol. The monoisotopic (exact) mass is 298 g/mol. The average Bonchev–Trinajstić information content (AvgIpc) is 2.84. The number of aromatic nitrogens is 2. The molecule has 0 radical (unpaired) electrons. The summed E-state index contributed by atoms with van der Waals surface area (Å²) < 4.78 is 14.7. The molecule has 0 aliphatic heterocycles. The summed E-state index contributed by atoms with van der Waals surface area (Å²) in [6.45, 7) is 1.86. The number of hydrogen-bond donors (Lipinski definition) is 1. The third-order valence-electron chi connectivity index (χ3n) is 3.13. The van der Waals surface area contributed by atoms with Gasteiger partial charge in [-0.2, -0.15) is 0 Å². The number of halogens is 1. The van der Waals surface area contributed by atoms with Crippen LogP contribution in [-0.4, -0.2) is 20.5 Å². The quantitative estimate of drug-likeness (QED) is 0.745. The maximum Gasteiger partial charge on any atom is 0.358 e. The molecule has 2 aromatic heterocycles. The number of imidazole rings is 1. The first-order valence-corrected chi connectivity index (χ1v) is 6.44. The topological polar surface area (TPSA) is 79.3 Å². The molecule has 0 spiro atoms. The number of hydrogen-bond acceptors (Lipinski definition) is 4. The van der Waals surface area contributed by atoms with E-state index in [4.69, 9.17) is 0 Å². The van der Waals surface area contributed by atoms with E-state index in [2.05, 4.69) is 15.2 Å². The van der Waals surface area contributed by atoms with Crippen LogP contribution < -0.4 is 0 Å². The van der Waals surface area contributed by atoms with E-state index in [9.17, 15) is 14.3 Å². The third-order valence-corrected chi connectivity index (χ3v) is 3.13. The van der Waals surface area contributed by atoms with Gasteiger partial charge in [-0.25, -0.2) is 14.2 Å². The fourth-order valence-corrected chi connectivity index (χ4v) is 2.02. The van der Waals surface area contributed by atoms with E-state index in [1.807, 2.05) is 19.1 Å². The molecule has 0 fully saturated rings. The second-order valence-electron chi connectivity index (χ2n) is 4.65. The Kier molecular flexibility index (Phi) is 3.38. The number of benzene rings is 1. The molecule has 0 saturated carbocycles. The lowest BCUT2D eigenvalue weighted by atomic mass is 10.2. The van der Waals surface area contributed by atoms with Gasteiger partial charge in [-0.05, 0) is 30.7 Å². The summed E-state index contributed by atoms with van der Waals surface area (Å²) >= 11 is 0. The normalized spacial score (nSPS) is 11.4. The predicted octanol–water partition coefficient (Wildman–Crippen LogP) is 3.90. The molecule has 22 heavy (non-hydrogen) atoms. The highest BCUT2D eigenvalue weighted by atomic mass is 19.1. The minimum absolute atomic E-state index is 0.0229. The van der Waals surface area contributed by atoms with Crippen molar-refractivity contribution < 1.29 is 14.3 Å². The number of carboxylic acid groups (broad SMARTS) is 1. The minimum Gasteiger partial charge on any atom is -0.476 e. The Balaban J connectivity index is 2.16. The van der Waals surface area contributed by atoms with Gasteiger partial charge in [0.25, 0.3) is 0 Å². The standard InChI is InChI=1S/C15H11FN4O2/c1-9-4-2-3-5-11(9)18-19-14-13(15(21)22)17-12-7-6-10(16)8-20(12)14/h2-8H,1H3,(H,21,22). The molecule has 6 nitrogen and oxygen atoms in total.